The zero-order chi connectivity index (χ0) is 40.4. The molecule has 0 fully saturated rings. The van der Waals surface area contributed by atoms with Gasteiger partial charge in [0.1, 0.15) is 11.2 Å². The topological polar surface area (TPSA) is 13.1 Å². The van der Waals surface area contributed by atoms with Gasteiger partial charge >= 0.3 is 0 Å². The SMILES string of the molecule is [2H]c1c([2H])c([2H])c2c(-c3cccc4ccccc34)c3c([2H])c([2H])c([2H])c([2H])c3c(-c3ccc4c(-c5cccc6oc7ccc8ccccc8c7c56)cccc4c3)c2c1[2H]. The summed E-state index contributed by atoms with van der Waals surface area (Å²) in [6, 6.07) is 40.8. The summed E-state index contributed by atoms with van der Waals surface area (Å²) in [5.41, 5.74) is 5.36. The molecule has 0 N–H and O–H groups in total. The molecule has 1 heterocycles. The van der Waals surface area contributed by atoms with E-state index >= 15 is 0 Å². The first-order valence-electron chi connectivity index (χ1n) is 20.9. The van der Waals surface area contributed by atoms with Crippen LogP contribution >= 0.6 is 0 Å². The Balaban J connectivity index is 1.27. The molecule has 0 amide bonds. The fourth-order valence-corrected chi connectivity index (χ4v) is 8.11. The van der Waals surface area contributed by atoms with Gasteiger partial charge in [-0.25, -0.2) is 0 Å². The Morgan fingerprint density at radius 3 is 1.67 bits per heavy atom. The van der Waals surface area contributed by atoms with Gasteiger partial charge in [0.05, 0.1) is 11.0 Å². The minimum Gasteiger partial charge on any atom is -0.456 e. The minimum atomic E-state index is -0.427. The molecule has 0 unspecified atom stereocenters. The highest BCUT2D eigenvalue weighted by atomic mass is 16.3. The Hall–Kier alpha value is -6.70. The summed E-state index contributed by atoms with van der Waals surface area (Å²) in [6.45, 7) is 0. The molecule has 1 heteroatoms. The molecule has 0 aliphatic heterocycles. The van der Waals surface area contributed by atoms with Crippen molar-refractivity contribution in [3.63, 3.8) is 0 Å². The fraction of sp³-hybridized carbons (Fsp3) is 0. The van der Waals surface area contributed by atoms with E-state index in [9.17, 15) is 5.48 Å². The van der Waals surface area contributed by atoms with E-state index in [1.807, 2.05) is 103 Å². The van der Waals surface area contributed by atoms with Crippen molar-refractivity contribution in [2.45, 2.75) is 0 Å². The van der Waals surface area contributed by atoms with E-state index in [0.717, 1.165) is 65.4 Å². The molecule has 10 aromatic carbocycles. The van der Waals surface area contributed by atoms with Crippen molar-refractivity contribution in [3.8, 4) is 33.4 Å². The van der Waals surface area contributed by atoms with Crippen LogP contribution in [0.15, 0.2) is 186 Å². The molecule has 51 heavy (non-hydrogen) atoms. The van der Waals surface area contributed by atoms with Gasteiger partial charge in [0.25, 0.3) is 0 Å². The molecular formula is C50H30O. The maximum Gasteiger partial charge on any atom is 0.136 e. The van der Waals surface area contributed by atoms with Gasteiger partial charge < -0.3 is 4.42 Å². The number of furan rings is 1. The standard InChI is InChI=1S/C50H30O/c1-3-16-35-31(12-1)14-9-23-39(35)48-43-20-7-5-18-41(43)47(42-19-6-8-21-44(42)48)34-26-28-36-33(30-34)15-10-22-38(36)40-24-11-25-45-50(40)49-37-17-4-2-13-32(37)27-29-46(49)51-45/h1-30H/i5D,6D,7D,8D,18D,19D,20D,21D. The highest BCUT2D eigenvalue weighted by Crippen LogP contribution is 2.47. The van der Waals surface area contributed by atoms with Gasteiger partial charge in [-0.3, -0.25) is 0 Å². The third-order valence-electron chi connectivity index (χ3n) is 10.3. The smallest absolute Gasteiger partial charge is 0.136 e. The van der Waals surface area contributed by atoms with Crippen molar-refractivity contribution in [2.24, 2.45) is 0 Å². The van der Waals surface area contributed by atoms with Crippen LogP contribution < -0.4 is 0 Å². The molecule has 0 spiro atoms. The molecule has 0 saturated carbocycles. The first kappa shape index (κ1) is 21.4. The lowest BCUT2D eigenvalue weighted by atomic mass is 9.84. The van der Waals surface area contributed by atoms with Crippen molar-refractivity contribution in [3.05, 3.63) is 182 Å². The van der Waals surface area contributed by atoms with E-state index in [-0.39, 0.29) is 45.7 Å². The molecule has 0 bridgehead atoms. The molecule has 0 aliphatic carbocycles. The molecule has 0 atom stereocenters. The summed E-state index contributed by atoms with van der Waals surface area (Å²) >= 11 is 0. The molecule has 1 nitrogen and oxygen atoms in total. The third-order valence-corrected chi connectivity index (χ3v) is 10.3. The average molecular weight is 655 g/mol. The highest BCUT2D eigenvalue weighted by Gasteiger charge is 2.20. The van der Waals surface area contributed by atoms with Crippen molar-refractivity contribution in [2.75, 3.05) is 0 Å². The van der Waals surface area contributed by atoms with Crippen LogP contribution in [0.2, 0.25) is 0 Å². The van der Waals surface area contributed by atoms with E-state index in [2.05, 4.69) is 30.3 Å². The van der Waals surface area contributed by atoms with Crippen LogP contribution in [-0.2, 0) is 0 Å². The summed E-state index contributed by atoms with van der Waals surface area (Å²) in [5, 5.41) is 8.46. The van der Waals surface area contributed by atoms with Crippen LogP contribution in [0.25, 0.3) is 109 Å². The summed E-state index contributed by atoms with van der Waals surface area (Å²) in [6.07, 6.45) is 0. The molecular weight excluding hydrogens is 617 g/mol. The molecule has 0 radical (unpaired) electrons. The lowest BCUT2D eigenvalue weighted by Gasteiger charge is -2.19. The maximum atomic E-state index is 9.44. The number of hydrogen-bond donors (Lipinski definition) is 0. The first-order chi connectivity index (χ1) is 28.6. The zero-order valence-electron chi connectivity index (χ0n) is 35.1. The predicted molar refractivity (Wildman–Crippen MR) is 218 cm³/mol. The van der Waals surface area contributed by atoms with E-state index in [1.165, 1.54) is 0 Å². The Morgan fingerprint density at radius 1 is 0.353 bits per heavy atom. The van der Waals surface area contributed by atoms with E-state index < -0.39 is 24.2 Å². The minimum absolute atomic E-state index is 0.188. The lowest BCUT2D eigenvalue weighted by molar-refractivity contribution is 0.669. The van der Waals surface area contributed by atoms with Gasteiger partial charge in [-0.1, -0.05) is 164 Å². The average Bonchev–Trinajstić information content (AvgIpc) is 3.67. The number of hydrogen-bond acceptors (Lipinski definition) is 1. The Morgan fingerprint density at radius 2 is 0.902 bits per heavy atom. The van der Waals surface area contributed by atoms with Gasteiger partial charge in [-0.2, -0.15) is 0 Å². The van der Waals surface area contributed by atoms with Gasteiger partial charge in [-0.15, -0.1) is 0 Å². The van der Waals surface area contributed by atoms with Gasteiger partial charge in [0.15, 0.2) is 0 Å². The first-order valence-corrected chi connectivity index (χ1v) is 16.9. The summed E-state index contributed by atoms with van der Waals surface area (Å²) in [5.74, 6) is 0. The van der Waals surface area contributed by atoms with Crippen LogP contribution in [0, 0.1) is 0 Å². The van der Waals surface area contributed by atoms with Crippen LogP contribution in [0.4, 0.5) is 0 Å². The molecule has 236 valence electrons. The molecule has 0 aliphatic rings. The second-order valence-corrected chi connectivity index (χ2v) is 13.0. The van der Waals surface area contributed by atoms with Gasteiger partial charge in [0, 0.05) is 10.8 Å². The Labute approximate surface area is 305 Å². The Bertz CT molecular complexity index is 3580. The van der Waals surface area contributed by atoms with Crippen LogP contribution in [0.3, 0.4) is 0 Å². The molecule has 0 saturated heterocycles. The van der Waals surface area contributed by atoms with Crippen LogP contribution in [0.1, 0.15) is 11.0 Å². The number of benzene rings is 10. The second kappa shape index (κ2) is 10.9. The van der Waals surface area contributed by atoms with Crippen molar-refractivity contribution in [1.82, 2.24) is 0 Å². The van der Waals surface area contributed by atoms with E-state index in [1.54, 1.807) is 0 Å². The lowest BCUT2D eigenvalue weighted by Crippen LogP contribution is -1.92. The summed E-state index contributed by atoms with van der Waals surface area (Å²) in [7, 11) is 0. The second-order valence-electron chi connectivity index (χ2n) is 13.0. The number of rotatable bonds is 3. The third kappa shape index (κ3) is 4.16. The largest absolute Gasteiger partial charge is 0.456 e. The van der Waals surface area contributed by atoms with Crippen molar-refractivity contribution < 1.29 is 15.4 Å². The zero-order valence-corrected chi connectivity index (χ0v) is 27.1. The van der Waals surface area contributed by atoms with Gasteiger partial charge in [0.2, 0.25) is 0 Å². The van der Waals surface area contributed by atoms with Crippen LogP contribution in [0.5, 0.6) is 0 Å². The summed E-state index contributed by atoms with van der Waals surface area (Å²) < 4.78 is 79.5. The number of fused-ring (bicyclic) bond motifs is 9. The molecule has 11 aromatic rings. The summed E-state index contributed by atoms with van der Waals surface area (Å²) in [4.78, 5) is 0. The molecule has 1 aromatic heterocycles. The van der Waals surface area contributed by atoms with E-state index in [4.69, 9.17) is 9.90 Å². The maximum absolute atomic E-state index is 9.44. The van der Waals surface area contributed by atoms with Crippen LogP contribution in [-0.4, -0.2) is 0 Å². The molecule has 11 rings (SSSR count). The normalized spacial score (nSPS) is 14.1. The Kier molecular flexibility index (Phi) is 4.57. The van der Waals surface area contributed by atoms with Crippen molar-refractivity contribution in [1.29, 1.82) is 0 Å². The van der Waals surface area contributed by atoms with E-state index in [0.29, 0.717) is 22.3 Å². The quantitative estimate of drug-likeness (QED) is 0.173. The fourth-order valence-electron chi connectivity index (χ4n) is 8.11. The van der Waals surface area contributed by atoms with Crippen molar-refractivity contribution >= 4 is 75.8 Å². The van der Waals surface area contributed by atoms with Gasteiger partial charge in [-0.05, 0) is 105 Å². The monoisotopic (exact) mass is 654 g/mol. The predicted octanol–water partition coefficient (Wildman–Crippen LogP) is 14.4. The highest BCUT2D eigenvalue weighted by molar-refractivity contribution is 6.25.